The van der Waals surface area contributed by atoms with Crippen LogP contribution in [0.1, 0.15) is 41.4 Å². The van der Waals surface area contributed by atoms with Gasteiger partial charge in [0.15, 0.2) is 0 Å². The summed E-state index contributed by atoms with van der Waals surface area (Å²) in [5.74, 6) is 1.61. The molecule has 4 nitrogen and oxygen atoms in total. The molecule has 1 atom stereocenters. The summed E-state index contributed by atoms with van der Waals surface area (Å²) < 4.78 is 6.08. The van der Waals surface area contributed by atoms with Crippen LogP contribution in [-0.4, -0.2) is 36.8 Å². The standard InChI is InChI=1S/C26H28BNO3S/c1-17(27)19-3-5-22(6-4-19)31-23-7-9-25-21(14-23)13-20-12-18(2-8-24(20)32-25)10-11-26(28,15-29)16-30/h2-9,12,14,17,29-30H,10-11,13,15-16,28H2,1H3. The molecule has 1 heterocycles. The monoisotopic (exact) mass is 445 g/mol. The maximum Gasteiger partial charge on any atom is 0.127 e. The lowest BCUT2D eigenvalue weighted by Crippen LogP contribution is -2.47. The zero-order valence-corrected chi connectivity index (χ0v) is 19.1. The second-order valence-corrected chi connectivity index (χ2v) is 9.71. The number of hydrogen-bond acceptors (Lipinski definition) is 5. The minimum absolute atomic E-state index is 0.00308. The summed E-state index contributed by atoms with van der Waals surface area (Å²) in [6, 6.07) is 20.6. The number of hydrogen-bond donors (Lipinski definition) is 3. The van der Waals surface area contributed by atoms with Gasteiger partial charge in [0.25, 0.3) is 0 Å². The molecule has 6 heteroatoms. The lowest BCUT2D eigenvalue weighted by molar-refractivity contribution is 0.115. The van der Waals surface area contributed by atoms with Gasteiger partial charge in [-0.2, -0.15) is 0 Å². The van der Waals surface area contributed by atoms with Gasteiger partial charge in [0, 0.05) is 9.79 Å². The molecule has 3 aromatic rings. The number of aliphatic hydroxyl groups excluding tert-OH is 2. The molecule has 4 rings (SSSR count). The van der Waals surface area contributed by atoms with Crippen molar-refractivity contribution in [2.45, 2.75) is 47.3 Å². The first-order chi connectivity index (χ1) is 15.4. The molecule has 1 aliphatic heterocycles. The maximum atomic E-state index is 9.43. The van der Waals surface area contributed by atoms with Gasteiger partial charge in [0.1, 0.15) is 11.5 Å². The Morgan fingerprint density at radius 1 is 0.969 bits per heavy atom. The summed E-state index contributed by atoms with van der Waals surface area (Å²) in [6.45, 7) is 1.51. The molecule has 1 aliphatic rings. The third kappa shape index (κ3) is 5.21. The number of benzene rings is 3. The minimum atomic E-state index is -0.941. The van der Waals surface area contributed by atoms with Crippen molar-refractivity contribution in [3.63, 3.8) is 0 Å². The molecular weight excluding hydrogens is 417 g/mol. The Morgan fingerprint density at radius 2 is 1.59 bits per heavy atom. The first-order valence-electron chi connectivity index (χ1n) is 10.9. The van der Waals surface area contributed by atoms with Gasteiger partial charge in [-0.3, -0.25) is 0 Å². The number of fused-ring (bicyclic) bond motifs is 2. The summed E-state index contributed by atoms with van der Waals surface area (Å²) in [4.78, 5) is 2.50. The van der Waals surface area contributed by atoms with E-state index in [0.717, 1.165) is 29.0 Å². The molecule has 1 unspecified atom stereocenters. The number of ether oxygens (including phenoxy) is 1. The van der Waals surface area contributed by atoms with E-state index < -0.39 is 5.54 Å². The first-order valence-corrected chi connectivity index (χ1v) is 11.7. The lowest BCUT2D eigenvalue weighted by atomic mass is 9.83. The van der Waals surface area contributed by atoms with Crippen molar-refractivity contribution in [1.29, 1.82) is 0 Å². The average molecular weight is 445 g/mol. The smallest absolute Gasteiger partial charge is 0.127 e. The Hall–Kier alpha value is -2.25. The van der Waals surface area contributed by atoms with Crippen LogP contribution in [0.2, 0.25) is 0 Å². The van der Waals surface area contributed by atoms with E-state index >= 15 is 0 Å². The summed E-state index contributed by atoms with van der Waals surface area (Å²) in [5, 5.41) is 18.9. The van der Waals surface area contributed by atoms with E-state index in [2.05, 4.69) is 30.3 Å². The normalized spacial score (nSPS) is 13.9. The topological polar surface area (TPSA) is 75.7 Å². The Bertz CT molecular complexity index is 1080. The van der Waals surface area contributed by atoms with Crippen LogP contribution in [0.4, 0.5) is 0 Å². The van der Waals surface area contributed by atoms with E-state index in [4.69, 9.17) is 18.3 Å². The van der Waals surface area contributed by atoms with Crippen LogP contribution in [0.25, 0.3) is 0 Å². The SMILES string of the molecule is [B]C(C)c1ccc(Oc2ccc3c(c2)Cc2cc(CCC(N)(CO)CO)ccc2S3)cc1. The van der Waals surface area contributed by atoms with Crippen LogP contribution >= 0.6 is 11.8 Å². The summed E-state index contributed by atoms with van der Waals surface area (Å²) in [5.41, 5.74) is 9.83. The van der Waals surface area contributed by atoms with Gasteiger partial charge in [0.2, 0.25) is 0 Å². The number of aliphatic hydroxyl groups is 2. The van der Waals surface area contributed by atoms with Gasteiger partial charge >= 0.3 is 0 Å². The highest BCUT2D eigenvalue weighted by Gasteiger charge is 2.23. The fourth-order valence-electron chi connectivity index (χ4n) is 3.78. The fraction of sp³-hybridized carbons (Fsp3) is 0.308. The third-order valence-corrected chi connectivity index (χ3v) is 7.18. The van der Waals surface area contributed by atoms with Crippen molar-refractivity contribution in [3.05, 3.63) is 82.9 Å². The molecule has 0 spiro atoms. The second kappa shape index (κ2) is 9.71. The van der Waals surface area contributed by atoms with Crippen LogP contribution < -0.4 is 10.5 Å². The van der Waals surface area contributed by atoms with Gasteiger partial charge in [-0.05, 0) is 72.4 Å². The quantitative estimate of drug-likeness (QED) is 0.351. The highest BCUT2D eigenvalue weighted by Crippen LogP contribution is 2.41. The predicted molar refractivity (Wildman–Crippen MR) is 130 cm³/mol. The van der Waals surface area contributed by atoms with Gasteiger partial charge < -0.3 is 20.7 Å². The number of rotatable bonds is 8. The van der Waals surface area contributed by atoms with Gasteiger partial charge in [-0.1, -0.05) is 54.3 Å². The number of nitrogens with two attached hydrogens (primary N) is 1. The summed E-state index contributed by atoms with van der Waals surface area (Å²) >= 11 is 1.77. The van der Waals surface area contributed by atoms with Gasteiger partial charge in [0.05, 0.1) is 26.6 Å². The Morgan fingerprint density at radius 3 is 2.25 bits per heavy atom. The molecule has 32 heavy (non-hydrogen) atoms. The predicted octanol–water partition coefficient (Wildman–Crippen LogP) is 4.38. The maximum absolute atomic E-state index is 9.43. The van der Waals surface area contributed by atoms with E-state index in [1.165, 1.54) is 20.9 Å². The van der Waals surface area contributed by atoms with Crippen molar-refractivity contribution >= 4 is 19.6 Å². The molecule has 0 amide bonds. The van der Waals surface area contributed by atoms with Crippen LogP contribution in [0.3, 0.4) is 0 Å². The largest absolute Gasteiger partial charge is 0.457 e. The van der Waals surface area contributed by atoms with Crippen LogP contribution in [0, 0.1) is 0 Å². The van der Waals surface area contributed by atoms with Crippen molar-refractivity contribution in [3.8, 4) is 11.5 Å². The van der Waals surface area contributed by atoms with Crippen LogP contribution in [0.15, 0.2) is 70.5 Å². The van der Waals surface area contributed by atoms with Gasteiger partial charge in [-0.15, -0.1) is 0 Å². The molecule has 0 saturated heterocycles. The van der Waals surface area contributed by atoms with Crippen molar-refractivity contribution in [2.75, 3.05) is 13.2 Å². The van der Waals surface area contributed by atoms with E-state index in [-0.39, 0.29) is 19.0 Å². The molecule has 0 saturated carbocycles. The zero-order valence-electron chi connectivity index (χ0n) is 18.3. The van der Waals surface area contributed by atoms with Crippen LogP contribution in [0.5, 0.6) is 11.5 Å². The summed E-state index contributed by atoms with van der Waals surface area (Å²) in [6.07, 6.45) is 2.07. The third-order valence-electron chi connectivity index (χ3n) is 5.94. The molecule has 0 fully saturated rings. The highest BCUT2D eigenvalue weighted by molar-refractivity contribution is 7.99. The molecule has 164 valence electrons. The van der Waals surface area contributed by atoms with E-state index in [9.17, 15) is 10.2 Å². The van der Waals surface area contributed by atoms with E-state index in [1.54, 1.807) is 11.8 Å². The Balaban J connectivity index is 1.47. The van der Waals surface area contributed by atoms with E-state index in [0.29, 0.717) is 12.8 Å². The molecule has 3 aromatic carbocycles. The summed E-state index contributed by atoms with van der Waals surface area (Å²) in [7, 11) is 5.92. The van der Waals surface area contributed by atoms with Crippen molar-refractivity contribution < 1.29 is 14.9 Å². The van der Waals surface area contributed by atoms with Crippen molar-refractivity contribution in [1.82, 2.24) is 0 Å². The minimum Gasteiger partial charge on any atom is -0.457 e. The number of aryl methyl sites for hydroxylation is 1. The van der Waals surface area contributed by atoms with Gasteiger partial charge in [-0.25, -0.2) is 0 Å². The van der Waals surface area contributed by atoms with Crippen LogP contribution in [-0.2, 0) is 12.8 Å². The molecule has 0 aromatic heterocycles. The average Bonchev–Trinajstić information content (AvgIpc) is 2.81. The Labute approximate surface area is 195 Å². The van der Waals surface area contributed by atoms with Crippen molar-refractivity contribution in [2.24, 2.45) is 5.73 Å². The molecule has 4 N–H and O–H groups in total. The molecule has 0 bridgehead atoms. The molecule has 0 aliphatic carbocycles. The van der Waals surface area contributed by atoms with E-state index in [1.807, 2.05) is 37.3 Å². The fourth-order valence-corrected chi connectivity index (χ4v) is 4.82. The highest BCUT2D eigenvalue weighted by atomic mass is 32.2. The molecular formula is C26H28BNO3S. The molecule has 2 radical (unpaired) electrons. The first kappa shape index (κ1) is 22.9. The Kier molecular flexibility index (Phi) is 6.96. The lowest BCUT2D eigenvalue weighted by Gasteiger charge is -2.25. The second-order valence-electron chi connectivity index (χ2n) is 8.63. The zero-order chi connectivity index (χ0) is 22.7.